The highest BCUT2D eigenvalue weighted by molar-refractivity contribution is 5.76. The van der Waals surface area contributed by atoms with Gasteiger partial charge in [-0.2, -0.15) is 0 Å². The first-order chi connectivity index (χ1) is 8.58. The number of rotatable bonds is 3. The zero-order chi connectivity index (χ0) is 13.1. The molecule has 1 amide bonds. The van der Waals surface area contributed by atoms with Gasteiger partial charge in [0.2, 0.25) is 0 Å². The first kappa shape index (κ1) is 12.5. The number of imidazole rings is 1. The maximum absolute atomic E-state index is 12.0. The van der Waals surface area contributed by atoms with Crippen LogP contribution in [0, 0.1) is 10.1 Å². The summed E-state index contributed by atoms with van der Waals surface area (Å²) in [6, 6.07) is 0. The molecule has 0 aliphatic carbocycles. The molecule has 1 aliphatic heterocycles. The van der Waals surface area contributed by atoms with E-state index in [1.807, 2.05) is 7.05 Å². The van der Waals surface area contributed by atoms with Gasteiger partial charge in [0.25, 0.3) is 5.91 Å². The molecular formula is C10H15N5O3. The molecule has 0 atom stereocenters. The fraction of sp³-hybridized carbons (Fsp3) is 0.600. The minimum atomic E-state index is -0.586. The number of carbonyl (C=O) groups is 1. The summed E-state index contributed by atoms with van der Waals surface area (Å²) in [7, 11) is 2.00. The van der Waals surface area contributed by atoms with E-state index in [2.05, 4.69) is 9.88 Å². The molecule has 1 aromatic rings. The van der Waals surface area contributed by atoms with Crippen LogP contribution in [-0.4, -0.2) is 63.4 Å². The predicted molar refractivity (Wildman–Crippen MR) is 63.0 cm³/mol. The number of hydrogen-bond donors (Lipinski definition) is 0. The molecule has 0 radical (unpaired) electrons. The van der Waals surface area contributed by atoms with Crippen LogP contribution in [0.2, 0.25) is 0 Å². The van der Waals surface area contributed by atoms with Crippen LogP contribution in [0.3, 0.4) is 0 Å². The summed E-state index contributed by atoms with van der Waals surface area (Å²) in [5.41, 5.74) is 0. The SMILES string of the molecule is CN1CCN(C(=O)Cn2ccnc2[N+](=O)[O-])CC1. The van der Waals surface area contributed by atoms with Crippen molar-refractivity contribution in [3.05, 3.63) is 22.5 Å². The van der Waals surface area contributed by atoms with Gasteiger partial charge in [0, 0.05) is 26.2 Å². The highest BCUT2D eigenvalue weighted by Crippen LogP contribution is 2.09. The van der Waals surface area contributed by atoms with E-state index in [-0.39, 0.29) is 18.4 Å². The number of nitro groups is 1. The summed E-state index contributed by atoms with van der Waals surface area (Å²) in [6.07, 6.45) is 2.78. The maximum Gasteiger partial charge on any atom is 0.435 e. The van der Waals surface area contributed by atoms with Crippen molar-refractivity contribution in [2.75, 3.05) is 33.2 Å². The molecule has 2 rings (SSSR count). The summed E-state index contributed by atoms with van der Waals surface area (Å²) < 4.78 is 1.26. The third kappa shape index (κ3) is 2.65. The smallest absolute Gasteiger partial charge is 0.390 e. The minimum Gasteiger partial charge on any atom is -0.390 e. The Morgan fingerprint density at radius 1 is 1.44 bits per heavy atom. The molecule has 1 saturated heterocycles. The Bertz CT molecular complexity index is 450. The molecule has 0 bridgehead atoms. The van der Waals surface area contributed by atoms with Gasteiger partial charge < -0.3 is 19.9 Å². The zero-order valence-corrected chi connectivity index (χ0v) is 10.2. The molecule has 0 unspecified atom stereocenters. The summed E-state index contributed by atoms with van der Waals surface area (Å²) in [6.45, 7) is 2.96. The number of aromatic nitrogens is 2. The van der Waals surface area contributed by atoms with Crippen molar-refractivity contribution in [3.63, 3.8) is 0 Å². The molecule has 2 heterocycles. The molecule has 1 aliphatic rings. The quantitative estimate of drug-likeness (QED) is 0.539. The van der Waals surface area contributed by atoms with Crippen LogP contribution in [0.1, 0.15) is 0 Å². The summed E-state index contributed by atoms with van der Waals surface area (Å²) in [4.78, 5) is 29.6. The topological polar surface area (TPSA) is 84.5 Å². The summed E-state index contributed by atoms with van der Waals surface area (Å²) >= 11 is 0. The fourth-order valence-corrected chi connectivity index (χ4v) is 1.90. The lowest BCUT2D eigenvalue weighted by atomic mass is 10.3. The molecule has 1 fully saturated rings. The van der Waals surface area contributed by atoms with Crippen molar-refractivity contribution in [2.45, 2.75) is 6.54 Å². The Kier molecular flexibility index (Phi) is 3.56. The molecule has 8 heteroatoms. The van der Waals surface area contributed by atoms with E-state index in [1.165, 1.54) is 17.0 Å². The van der Waals surface area contributed by atoms with E-state index in [0.29, 0.717) is 13.1 Å². The molecule has 1 aromatic heterocycles. The molecule has 8 nitrogen and oxygen atoms in total. The number of hydrogen-bond acceptors (Lipinski definition) is 5. The van der Waals surface area contributed by atoms with Crippen LogP contribution >= 0.6 is 0 Å². The molecular weight excluding hydrogens is 238 g/mol. The van der Waals surface area contributed by atoms with E-state index in [4.69, 9.17) is 0 Å². The lowest BCUT2D eigenvalue weighted by Crippen LogP contribution is -2.48. The van der Waals surface area contributed by atoms with Gasteiger partial charge in [-0.15, -0.1) is 0 Å². The number of piperazine rings is 1. The van der Waals surface area contributed by atoms with E-state index >= 15 is 0 Å². The second kappa shape index (κ2) is 5.13. The Balaban J connectivity index is 1.98. The molecule has 0 aromatic carbocycles. The van der Waals surface area contributed by atoms with Crippen LogP contribution in [0.5, 0.6) is 0 Å². The largest absolute Gasteiger partial charge is 0.435 e. The Labute approximate surface area is 104 Å². The molecule has 0 N–H and O–H groups in total. The third-order valence-corrected chi connectivity index (χ3v) is 3.02. The van der Waals surface area contributed by atoms with Gasteiger partial charge in [0.15, 0.2) is 6.54 Å². The minimum absolute atomic E-state index is 0.0278. The zero-order valence-electron chi connectivity index (χ0n) is 10.2. The molecule has 98 valence electrons. The molecule has 0 spiro atoms. The first-order valence-electron chi connectivity index (χ1n) is 5.70. The van der Waals surface area contributed by atoms with Gasteiger partial charge in [0.05, 0.1) is 0 Å². The second-order valence-electron chi connectivity index (χ2n) is 4.30. The van der Waals surface area contributed by atoms with E-state index in [9.17, 15) is 14.9 Å². The van der Waals surface area contributed by atoms with Gasteiger partial charge in [0.1, 0.15) is 12.4 Å². The van der Waals surface area contributed by atoms with Gasteiger partial charge in [-0.3, -0.25) is 4.79 Å². The van der Waals surface area contributed by atoms with E-state index in [1.54, 1.807) is 4.90 Å². The predicted octanol–water partition coefficient (Wildman–Crippen LogP) is -0.435. The van der Waals surface area contributed by atoms with Crippen LogP contribution in [-0.2, 0) is 11.3 Å². The maximum atomic E-state index is 12.0. The van der Waals surface area contributed by atoms with Crippen LogP contribution < -0.4 is 0 Å². The van der Waals surface area contributed by atoms with Gasteiger partial charge in [-0.1, -0.05) is 4.98 Å². The number of amides is 1. The standard InChI is InChI=1S/C10H15N5O3/c1-12-4-6-13(7-5-12)9(16)8-14-3-2-11-10(14)15(17)18/h2-3H,4-8H2,1H3. The number of carbonyl (C=O) groups excluding carboxylic acids is 1. The van der Waals surface area contributed by atoms with Crippen LogP contribution in [0.4, 0.5) is 5.95 Å². The van der Waals surface area contributed by atoms with Gasteiger partial charge in [-0.25, -0.2) is 4.57 Å². The third-order valence-electron chi connectivity index (χ3n) is 3.02. The summed E-state index contributed by atoms with van der Waals surface area (Å²) in [5, 5.41) is 10.7. The van der Waals surface area contributed by atoms with Gasteiger partial charge in [-0.05, 0) is 12.0 Å². The van der Waals surface area contributed by atoms with Crippen molar-refractivity contribution < 1.29 is 9.72 Å². The monoisotopic (exact) mass is 253 g/mol. The average molecular weight is 253 g/mol. The van der Waals surface area contributed by atoms with Gasteiger partial charge >= 0.3 is 5.95 Å². The second-order valence-corrected chi connectivity index (χ2v) is 4.30. The Morgan fingerprint density at radius 2 is 2.11 bits per heavy atom. The van der Waals surface area contributed by atoms with Crippen molar-refractivity contribution in [3.8, 4) is 0 Å². The van der Waals surface area contributed by atoms with Crippen molar-refractivity contribution >= 4 is 11.9 Å². The fourth-order valence-electron chi connectivity index (χ4n) is 1.90. The van der Waals surface area contributed by atoms with Crippen molar-refractivity contribution in [1.29, 1.82) is 0 Å². The van der Waals surface area contributed by atoms with Crippen molar-refractivity contribution in [2.24, 2.45) is 0 Å². The first-order valence-corrected chi connectivity index (χ1v) is 5.70. The highest BCUT2D eigenvalue weighted by Gasteiger charge is 2.23. The molecule has 0 saturated carbocycles. The lowest BCUT2D eigenvalue weighted by molar-refractivity contribution is -0.396. The highest BCUT2D eigenvalue weighted by atomic mass is 16.6. The van der Waals surface area contributed by atoms with E-state index in [0.717, 1.165) is 13.1 Å². The van der Waals surface area contributed by atoms with Crippen LogP contribution in [0.25, 0.3) is 0 Å². The number of likely N-dealkylation sites (N-methyl/N-ethyl adjacent to an activating group) is 1. The van der Waals surface area contributed by atoms with E-state index < -0.39 is 4.92 Å². The lowest BCUT2D eigenvalue weighted by Gasteiger charge is -2.32. The van der Waals surface area contributed by atoms with Crippen molar-refractivity contribution in [1.82, 2.24) is 19.4 Å². The normalized spacial score (nSPS) is 16.8. The van der Waals surface area contributed by atoms with Crippen LogP contribution in [0.15, 0.2) is 12.4 Å². The summed E-state index contributed by atoms with van der Waals surface area (Å²) in [5.74, 6) is -0.401. The molecule has 18 heavy (non-hydrogen) atoms. The Hall–Kier alpha value is -1.96. The number of nitrogens with zero attached hydrogens (tertiary/aromatic N) is 5. The Morgan fingerprint density at radius 3 is 2.72 bits per heavy atom. The average Bonchev–Trinajstić information content (AvgIpc) is 2.78.